The van der Waals surface area contributed by atoms with Crippen LogP contribution in [0.1, 0.15) is 29.4 Å². The summed E-state index contributed by atoms with van der Waals surface area (Å²) in [5.41, 5.74) is 2.25. The van der Waals surface area contributed by atoms with Crippen LogP contribution in [0.5, 0.6) is 0 Å². The zero-order valence-electron chi connectivity index (χ0n) is 13.0. The number of aromatic nitrogens is 2. The molecule has 1 aliphatic heterocycles. The topological polar surface area (TPSA) is 63.3 Å². The van der Waals surface area contributed by atoms with E-state index in [0.29, 0.717) is 22.3 Å². The van der Waals surface area contributed by atoms with Crippen molar-refractivity contribution in [1.29, 1.82) is 0 Å². The molecule has 0 saturated heterocycles. The highest BCUT2D eigenvalue weighted by molar-refractivity contribution is 7.11. The molecule has 3 aromatic rings. The number of hydrogen-bond acceptors (Lipinski definition) is 6. The Hall–Kier alpha value is -2.51. The zero-order valence-corrected chi connectivity index (χ0v) is 14.6. The van der Waals surface area contributed by atoms with Gasteiger partial charge in [0.25, 0.3) is 0 Å². The summed E-state index contributed by atoms with van der Waals surface area (Å²) in [4.78, 5) is 13.3. The molecule has 0 bridgehead atoms. The summed E-state index contributed by atoms with van der Waals surface area (Å²) in [6.07, 6.45) is 4.78. The minimum Gasteiger partial charge on any atom is -0.445 e. The van der Waals surface area contributed by atoms with Gasteiger partial charge in [-0.3, -0.25) is 4.99 Å². The van der Waals surface area contributed by atoms with E-state index in [4.69, 9.17) is 21.0 Å². The van der Waals surface area contributed by atoms with Gasteiger partial charge in [0.15, 0.2) is 10.8 Å². The molecule has 1 N–H and O–H groups in total. The summed E-state index contributed by atoms with van der Waals surface area (Å²) >= 11 is 7.77. The minimum absolute atomic E-state index is 0.297. The Kier molecular flexibility index (Phi) is 4.10. The highest BCUT2D eigenvalue weighted by Gasteiger charge is 2.30. The third-order valence-corrected chi connectivity index (χ3v) is 4.90. The SMILES string of the molecule is CC1=C(c2ncco2)[C@H](c2ccc(F)cc2Cl)N=C(c2nccs2)N1. The molecule has 8 heteroatoms. The van der Waals surface area contributed by atoms with Gasteiger partial charge in [-0.05, 0) is 19.1 Å². The lowest BCUT2D eigenvalue weighted by Crippen LogP contribution is -2.29. The van der Waals surface area contributed by atoms with E-state index in [1.54, 1.807) is 18.5 Å². The van der Waals surface area contributed by atoms with Crippen LogP contribution in [0.2, 0.25) is 5.02 Å². The number of rotatable bonds is 3. The Morgan fingerprint density at radius 3 is 2.84 bits per heavy atom. The lowest BCUT2D eigenvalue weighted by atomic mass is 9.95. The maximum Gasteiger partial charge on any atom is 0.226 e. The van der Waals surface area contributed by atoms with Crippen molar-refractivity contribution < 1.29 is 8.81 Å². The third-order valence-electron chi connectivity index (χ3n) is 3.80. The van der Waals surface area contributed by atoms with Crippen molar-refractivity contribution in [2.75, 3.05) is 0 Å². The van der Waals surface area contributed by atoms with Crippen LogP contribution in [0.4, 0.5) is 4.39 Å². The normalized spacial score (nSPS) is 17.4. The molecule has 4 rings (SSSR count). The molecule has 25 heavy (non-hydrogen) atoms. The van der Waals surface area contributed by atoms with Crippen LogP contribution in [-0.2, 0) is 0 Å². The van der Waals surface area contributed by atoms with Crippen molar-refractivity contribution in [2.45, 2.75) is 13.0 Å². The molecule has 5 nitrogen and oxygen atoms in total. The molecule has 1 atom stereocenters. The maximum atomic E-state index is 13.5. The largest absolute Gasteiger partial charge is 0.445 e. The van der Waals surface area contributed by atoms with Crippen LogP contribution in [0.25, 0.3) is 5.57 Å². The van der Waals surface area contributed by atoms with Crippen molar-refractivity contribution in [3.05, 3.63) is 75.2 Å². The fourth-order valence-electron chi connectivity index (χ4n) is 2.71. The first-order chi connectivity index (χ1) is 12.1. The maximum absolute atomic E-state index is 13.5. The smallest absolute Gasteiger partial charge is 0.226 e. The van der Waals surface area contributed by atoms with E-state index in [0.717, 1.165) is 16.3 Å². The van der Waals surface area contributed by atoms with Gasteiger partial charge >= 0.3 is 0 Å². The predicted octanol–water partition coefficient (Wildman–Crippen LogP) is 4.45. The molecule has 0 spiro atoms. The Labute approximate surface area is 151 Å². The molecule has 3 heterocycles. The number of aliphatic imine (C=N–C) groups is 1. The van der Waals surface area contributed by atoms with Gasteiger partial charge in [0.1, 0.15) is 18.1 Å². The summed E-state index contributed by atoms with van der Waals surface area (Å²) in [6.45, 7) is 1.91. The lowest BCUT2D eigenvalue weighted by Gasteiger charge is -2.25. The summed E-state index contributed by atoms with van der Waals surface area (Å²) in [5, 5.41) is 6.18. The molecule has 1 aromatic carbocycles. The number of nitrogens with one attached hydrogen (secondary N) is 1. The number of oxazole rings is 1. The molecule has 1 aliphatic rings. The highest BCUT2D eigenvalue weighted by atomic mass is 35.5. The molecule has 0 saturated carbocycles. The van der Waals surface area contributed by atoms with Crippen molar-refractivity contribution >= 4 is 34.3 Å². The van der Waals surface area contributed by atoms with Gasteiger partial charge in [-0.2, -0.15) is 0 Å². The minimum atomic E-state index is -0.480. The van der Waals surface area contributed by atoms with Crippen LogP contribution in [0, 0.1) is 5.82 Å². The number of benzene rings is 1. The van der Waals surface area contributed by atoms with Gasteiger partial charge in [-0.15, -0.1) is 11.3 Å². The first kappa shape index (κ1) is 16.0. The van der Waals surface area contributed by atoms with Crippen molar-refractivity contribution in [1.82, 2.24) is 15.3 Å². The van der Waals surface area contributed by atoms with E-state index < -0.39 is 11.9 Å². The van der Waals surface area contributed by atoms with Gasteiger partial charge in [0, 0.05) is 27.9 Å². The Bertz CT molecular complexity index is 967. The van der Waals surface area contributed by atoms with Gasteiger partial charge < -0.3 is 9.73 Å². The highest BCUT2D eigenvalue weighted by Crippen LogP contribution is 2.40. The number of thiazole rings is 1. The Morgan fingerprint density at radius 1 is 1.28 bits per heavy atom. The fraction of sp³-hybridized carbons (Fsp3) is 0.118. The average Bonchev–Trinajstić information content (AvgIpc) is 3.28. The van der Waals surface area contributed by atoms with Crippen LogP contribution < -0.4 is 5.32 Å². The summed E-state index contributed by atoms with van der Waals surface area (Å²) in [6, 6.07) is 3.80. The van der Waals surface area contributed by atoms with Crippen LogP contribution in [0.3, 0.4) is 0 Å². The van der Waals surface area contributed by atoms with Crippen molar-refractivity contribution in [2.24, 2.45) is 4.99 Å². The van der Waals surface area contributed by atoms with E-state index in [-0.39, 0.29) is 0 Å². The first-order valence-corrected chi connectivity index (χ1v) is 8.69. The molecule has 0 unspecified atom stereocenters. The first-order valence-electron chi connectivity index (χ1n) is 7.44. The van der Waals surface area contributed by atoms with Gasteiger partial charge in [-0.1, -0.05) is 17.7 Å². The number of nitrogens with zero attached hydrogens (tertiary/aromatic N) is 3. The molecule has 126 valence electrons. The van der Waals surface area contributed by atoms with Gasteiger partial charge in [0.2, 0.25) is 5.89 Å². The molecular formula is C17H12ClFN4OS. The standard InChI is InChI=1S/C17H12ClFN4OS/c1-9-13(16-20-4-6-24-16)14(11-3-2-10(19)8-12(11)18)23-15(22-9)17-21-5-7-25-17/h2-8,14H,1H3,(H,22,23)/t14-/m0/s1. The number of allylic oxidation sites excluding steroid dienone is 1. The van der Waals surface area contributed by atoms with E-state index in [2.05, 4.69) is 15.3 Å². The average molecular weight is 375 g/mol. The fourth-order valence-corrected chi connectivity index (χ4v) is 3.57. The number of amidine groups is 1. The van der Waals surface area contributed by atoms with Gasteiger partial charge in [-0.25, -0.2) is 14.4 Å². The van der Waals surface area contributed by atoms with E-state index in [9.17, 15) is 4.39 Å². The van der Waals surface area contributed by atoms with Crippen LogP contribution >= 0.6 is 22.9 Å². The summed E-state index contributed by atoms with van der Waals surface area (Å²) in [7, 11) is 0. The second-order valence-electron chi connectivity index (χ2n) is 5.38. The second-order valence-corrected chi connectivity index (χ2v) is 6.69. The molecule has 0 aliphatic carbocycles. The Morgan fingerprint density at radius 2 is 2.16 bits per heavy atom. The molecular weight excluding hydrogens is 363 g/mol. The van der Waals surface area contributed by atoms with Crippen molar-refractivity contribution in [3.8, 4) is 0 Å². The zero-order chi connectivity index (χ0) is 17.4. The Balaban J connectivity index is 1.88. The number of hydrogen-bond donors (Lipinski definition) is 1. The van der Waals surface area contributed by atoms with Crippen LogP contribution in [-0.4, -0.2) is 15.8 Å². The second kappa shape index (κ2) is 6.42. The molecule has 0 amide bonds. The van der Waals surface area contributed by atoms with E-state index >= 15 is 0 Å². The van der Waals surface area contributed by atoms with Crippen molar-refractivity contribution in [3.63, 3.8) is 0 Å². The summed E-state index contributed by atoms with van der Waals surface area (Å²) in [5.74, 6) is 0.677. The summed E-state index contributed by atoms with van der Waals surface area (Å²) < 4.78 is 19.0. The monoisotopic (exact) mass is 374 g/mol. The van der Waals surface area contributed by atoms with E-state index in [1.807, 2.05) is 12.3 Å². The molecule has 0 radical (unpaired) electrons. The predicted molar refractivity (Wildman–Crippen MR) is 95.0 cm³/mol. The number of halogens is 2. The lowest BCUT2D eigenvalue weighted by molar-refractivity contribution is 0.534. The molecule has 2 aromatic heterocycles. The molecule has 0 fully saturated rings. The quantitative estimate of drug-likeness (QED) is 0.735. The third kappa shape index (κ3) is 2.96. The van der Waals surface area contributed by atoms with Crippen LogP contribution in [0.15, 0.2) is 57.3 Å². The van der Waals surface area contributed by atoms with E-state index in [1.165, 1.54) is 29.7 Å². The van der Waals surface area contributed by atoms with Gasteiger partial charge in [0.05, 0.1) is 11.8 Å².